The van der Waals surface area contributed by atoms with Gasteiger partial charge in [-0.15, -0.1) is 0 Å². The van der Waals surface area contributed by atoms with Gasteiger partial charge in [-0.05, 0) is 69.0 Å². The van der Waals surface area contributed by atoms with E-state index in [-0.39, 0.29) is 0 Å². The Morgan fingerprint density at radius 2 is 1.96 bits per heavy atom. The smallest absolute Gasteiger partial charge is 0.140 e. The monoisotopic (exact) mass is 378 g/mol. The average molecular weight is 379 g/mol. The zero-order chi connectivity index (χ0) is 19.7. The standard InChI is InChI=1S/C23H30N4O/c1-16-12-19(18-8-10-26(11-9-18)17(2)13-24)14-27-15-21(25-23(16)27)20-6-4-5-7-22(20)28-3/h4-7,12,14-15,17-18H,8-11,13,24H2,1-3H3. The first-order chi connectivity index (χ1) is 13.6. The summed E-state index contributed by atoms with van der Waals surface area (Å²) in [5.74, 6) is 1.45. The number of imidazole rings is 1. The number of rotatable bonds is 5. The van der Waals surface area contributed by atoms with Crippen LogP contribution in [0.2, 0.25) is 0 Å². The number of nitrogens with two attached hydrogens (primary N) is 1. The minimum atomic E-state index is 0.474. The number of nitrogens with zero attached hydrogens (tertiary/aromatic N) is 3. The third kappa shape index (κ3) is 3.52. The first-order valence-electron chi connectivity index (χ1n) is 10.2. The highest BCUT2D eigenvalue weighted by Crippen LogP contribution is 2.33. The van der Waals surface area contributed by atoms with Gasteiger partial charge in [0.25, 0.3) is 0 Å². The van der Waals surface area contributed by atoms with Gasteiger partial charge in [0.1, 0.15) is 11.4 Å². The maximum atomic E-state index is 5.84. The number of para-hydroxylation sites is 1. The number of ether oxygens (including phenoxy) is 1. The molecule has 0 spiro atoms. The molecule has 2 aromatic heterocycles. The lowest BCUT2D eigenvalue weighted by molar-refractivity contribution is 0.165. The van der Waals surface area contributed by atoms with Crippen LogP contribution in [0.25, 0.3) is 16.9 Å². The maximum absolute atomic E-state index is 5.84. The zero-order valence-corrected chi connectivity index (χ0v) is 17.1. The number of piperidine rings is 1. The fourth-order valence-electron chi connectivity index (χ4n) is 4.33. The van der Waals surface area contributed by atoms with Crippen molar-refractivity contribution in [3.05, 3.63) is 53.9 Å². The molecule has 1 aromatic carbocycles. The fraction of sp³-hybridized carbons (Fsp3) is 0.435. The number of aryl methyl sites for hydroxylation is 1. The van der Waals surface area contributed by atoms with Crippen molar-refractivity contribution in [1.29, 1.82) is 0 Å². The molecule has 4 rings (SSSR count). The quantitative estimate of drug-likeness (QED) is 0.733. The second-order valence-corrected chi connectivity index (χ2v) is 7.91. The van der Waals surface area contributed by atoms with Gasteiger partial charge in [-0.3, -0.25) is 4.90 Å². The summed E-state index contributed by atoms with van der Waals surface area (Å²) in [7, 11) is 1.70. The van der Waals surface area contributed by atoms with E-state index in [4.69, 9.17) is 15.5 Å². The van der Waals surface area contributed by atoms with Crippen LogP contribution in [0.4, 0.5) is 0 Å². The molecule has 1 aliphatic heterocycles. The molecule has 0 aliphatic carbocycles. The molecule has 148 valence electrons. The first kappa shape index (κ1) is 19.0. The highest BCUT2D eigenvalue weighted by molar-refractivity contribution is 5.70. The number of hydrogen-bond donors (Lipinski definition) is 1. The summed E-state index contributed by atoms with van der Waals surface area (Å²) in [6.45, 7) is 7.36. The molecule has 1 saturated heterocycles. The largest absolute Gasteiger partial charge is 0.496 e. The van der Waals surface area contributed by atoms with Crippen LogP contribution >= 0.6 is 0 Å². The fourth-order valence-corrected chi connectivity index (χ4v) is 4.33. The van der Waals surface area contributed by atoms with E-state index in [1.807, 2.05) is 18.2 Å². The molecule has 1 unspecified atom stereocenters. The van der Waals surface area contributed by atoms with Gasteiger partial charge in [-0.25, -0.2) is 4.98 Å². The van der Waals surface area contributed by atoms with Crippen LogP contribution in [0.15, 0.2) is 42.7 Å². The number of benzene rings is 1. The summed E-state index contributed by atoms with van der Waals surface area (Å²) in [5, 5.41) is 0. The summed E-state index contributed by atoms with van der Waals surface area (Å²) in [6.07, 6.45) is 6.75. The van der Waals surface area contributed by atoms with E-state index < -0.39 is 0 Å². The lowest BCUT2D eigenvalue weighted by atomic mass is 9.89. The van der Waals surface area contributed by atoms with E-state index in [1.165, 1.54) is 24.0 Å². The van der Waals surface area contributed by atoms with Crippen LogP contribution in [0.3, 0.4) is 0 Å². The van der Waals surface area contributed by atoms with E-state index in [0.29, 0.717) is 12.0 Å². The first-order valence-corrected chi connectivity index (χ1v) is 10.2. The van der Waals surface area contributed by atoms with Crippen molar-refractivity contribution in [2.75, 3.05) is 26.7 Å². The third-order valence-electron chi connectivity index (χ3n) is 6.10. The molecule has 5 nitrogen and oxygen atoms in total. The van der Waals surface area contributed by atoms with Crippen LogP contribution < -0.4 is 10.5 Å². The van der Waals surface area contributed by atoms with Crippen LogP contribution in [0.1, 0.15) is 36.8 Å². The van der Waals surface area contributed by atoms with E-state index in [0.717, 1.165) is 42.3 Å². The molecule has 2 N–H and O–H groups in total. The number of fused-ring (bicyclic) bond motifs is 1. The Labute approximate surface area is 167 Å². The number of likely N-dealkylation sites (tertiary alicyclic amines) is 1. The molecule has 1 aliphatic rings. The van der Waals surface area contributed by atoms with Gasteiger partial charge in [0.15, 0.2) is 0 Å². The van der Waals surface area contributed by atoms with Gasteiger partial charge in [-0.1, -0.05) is 18.2 Å². The maximum Gasteiger partial charge on any atom is 0.140 e. The van der Waals surface area contributed by atoms with E-state index in [1.54, 1.807) is 7.11 Å². The molecule has 3 aromatic rings. The van der Waals surface area contributed by atoms with Gasteiger partial charge >= 0.3 is 0 Å². The zero-order valence-electron chi connectivity index (χ0n) is 17.1. The topological polar surface area (TPSA) is 55.8 Å². The number of pyridine rings is 1. The predicted octanol–water partition coefficient (Wildman–Crippen LogP) is 3.84. The van der Waals surface area contributed by atoms with Crippen molar-refractivity contribution in [1.82, 2.24) is 14.3 Å². The molecule has 5 heteroatoms. The van der Waals surface area contributed by atoms with Crippen LogP contribution in [0.5, 0.6) is 5.75 Å². The average Bonchev–Trinajstić information content (AvgIpc) is 3.18. The SMILES string of the molecule is COc1ccccc1-c1cn2cc(C3CCN(C(C)CN)CC3)cc(C)c2n1. The molecule has 0 amide bonds. The van der Waals surface area contributed by atoms with Gasteiger partial charge in [-0.2, -0.15) is 0 Å². The van der Waals surface area contributed by atoms with Gasteiger partial charge in [0, 0.05) is 30.5 Å². The minimum absolute atomic E-state index is 0.474. The molecule has 0 radical (unpaired) electrons. The number of aromatic nitrogens is 2. The number of methoxy groups -OCH3 is 1. The van der Waals surface area contributed by atoms with Crippen molar-refractivity contribution < 1.29 is 4.74 Å². The van der Waals surface area contributed by atoms with Crippen molar-refractivity contribution in [2.45, 2.75) is 38.6 Å². The molecule has 1 atom stereocenters. The van der Waals surface area contributed by atoms with E-state index >= 15 is 0 Å². The van der Waals surface area contributed by atoms with Crippen molar-refractivity contribution in [2.24, 2.45) is 5.73 Å². The molecule has 0 bridgehead atoms. The Morgan fingerprint density at radius 1 is 1.21 bits per heavy atom. The molecule has 1 fully saturated rings. The van der Waals surface area contributed by atoms with Crippen LogP contribution in [-0.4, -0.2) is 47.1 Å². The second-order valence-electron chi connectivity index (χ2n) is 7.91. The Kier molecular flexibility index (Phi) is 5.38. The van der Waals surface area contributed by atoms with Crippen LogP contribution in [0, 0.1) is 6.92 Å². The molecule has 0 saturated carbocycles. The van der Waals surface area contributed by atoms with Gasteiger partial charge < -0.3 is 14.9 Å². The Hall–Kier alpha value is -2.37. The summed E-state index contributed by atoms with van der Waals surface area (Å²) < 4.78 is 7.70. The van der Waals surface area contributed by atoms with Crippen LogP contribution in [-0.2, 0) is 0 Å². The van der Waals surface area contributed by atoms with Crippen molar-refractivity contribution in [3.8, 4) is 17.0 Å². The Morgan fingerprint density at radius 3 is 2.68 bits per heavy atom. The van der Waals surface area contributed by atoms with E-state index in [2.05, 4.69) is 47.7 Å². The highest BCUT2D eigenvalue weighted by Gasteiger charge is 2.24. The van der Waals surface area contributed by atoms with Gasteiger partial charge in [0.05, 0.1) is 12.8 Å². The Bertz CT molecular complexity index is 956. The summed E-state index contributed by atoms with van der Waals surface area (Å²) in [6, 6.07) is 10.8. The highest BCUT2D eigenvalue weighted by atomic mass is 16.5. The molecular weight excluding hydrogens is 348 g/mol. The summed E-state index contributed by atoms with van der Waals surface area (Å²) >= 11 is 0. The molecule has 3 heterocycles. The van der Waals surface area contributed by atoms with E-state index in [9.17, 15) is 0 Å². The molecule has 28 heavy (non-hydrogen) atoms. The minimum Gasteiger partial charge on any atom is -0.496 e. The van der Waals surface area contributed by atoms with Gasteiger partial charge in [0.2, 0.25) is 0 Å². The normalized spacial score (nSPS) is 17.1. The number of hydrogen-bond acceptors (Lipinski definition) is 4. The summed E-state index contributed by atoms with van der Waals surface area (Å²) in [4.78, 5) is 7.40. The third-order valence-corrected chi connectivity index (χ3v) is 6.10. The van der Waals surface area contributed by atoms with Crippen molar-refractivity contribution >= 4 is 5.65 Å². The summed E-state index contributed by atoms with van der Waals surface area (Å²) in [5.41, 5.74) is 11.5. The lowest BCUT2D eigenvalue weighted by Gasteiger charge is -2.35. The second kappa shape index (κ2) is 7.94. The Balaban J connectivity index is 1.62. The molecular formula is C23H30N4O. The predicted molar refractivity (Wildman–Crippen MR) is 114 cm³/mol. The lowest BCUT2D eigenvalue weighted by Crippen LogP contribution is -2.43. The van der Waals surface area contributed by atoms with Crippen molar-refractivity contribution in [3.63, 3.8) is 0 Å².